The third-order valence-corrected chi connectivity index (χ3v) is 3.24. The van der Waals surface area contributed by atoms with Gasteiger partial charge in [0, 0.05) is 4.90 Å². The van der Waals surface area contributed by atoms with Gasteiger partial charge in [-0.25, -0.2) is 0 Å². The molecule has 0 spiro atoms. The van der Waals surface area contributed by atoms with Crippen LogP contribution < -0.4 is 0 Å². The Hall–Kier alpha value is -0.630. The topological polar surface area (TPSA) is 20.2 Å². The first-order chi connectivity index (χ1) is 7.74. The van der Waals surface area contributed by atoms with Gasteiger partial charge >= 0.3 is 0 Å². The van der Waals surface area contributed by atoms with Crippen molar-refractivity contribution in [1.29, 1.82) is 0 Å². The SMILES string of the molecule is CCCCCCCCc1ccc(S)c(O)c1. The molecular weight excluding hydrogens is 216 g/mol. The highest BCUT2D eigenvalue weighted by Crippen LogP contribution is 2.23. The van der Waals surface area contributed by atoms with Crippen molar-refractivity contribution in [2.45, 2.75) is 56.8 Å². The number of hydrogen-bond donors (Lipinski definition) is 2. The Bertz CT molecular complexity index is 310. The van der Waals surface area contributed by atoms with Gasteiger partial charge in [-0.2, -0.15) is 0 Å². The van der Waals surface area contributed by atoms with Crippen molar-refractivity contribution in [3.8, 4) is 5.75 Å². The molecule has 2 heteroatoms. The average Bonchev–Trinajstić information content (AvgIpc) is 2.28. The predicted molar refractivity (Wildman–Crippen MR) is 72.4 cm³/mol. The third kappa shape index (κ3) is 4.93. The molecule has 1 aromatic carbocycles. The smallest absolute Gasteiger partial charge is 0.129 e. The first-order valence-electron chi connectivity index (χ1n) is 6.25. The van der Waals surface area contributed by atoms with Gasteiger partial charge in [0.15, 0.2) is 0 Å². The molecule has 0 amide bonds. The zero-order valence-corrected chi connectivity index (χ0v) is 11.0. The molecule has 0 aliphatic rings. The molecule has 1 nitrogen and oxygen atoms in total. The molecule has 0 atom stereocenters. The summed E-state index contributed by atoms with van der Waals surface area (Å²) in [5, 5.41) is 9.50. The maximum Gasteiger partial charge on any atom is 0.129 e. The van der Waals surface area contributed by atoms with Gasteiger partial charge in [-0.1, -0.05) is 45.1 Å². The number of benzene rings is 1. The lowest BCUT2D eigenvalue weighted by atomic mass is 10.0. The summed E-state index contributed by atoms with van der Waals surface area (Å²) in [7, 11) is 0. The average molecular weight is 238 g/mol. The van der Waals surface area contributed by atoms with Crippen LogP contribution in [0, 0.1) is 0 Å². The van der Waals surface area contributed by atoms with Crippen LogP contribution in [0.5, 0.6) is 5.75 Å². The van der Waals surface area contributed by atoms with Gasteiger partial charge in [-0.3, -0.25) is 0 Å². The number of thiol groups is 1. The van der Waals surface area contributed by atoms with E-state index < -0.39 is 0 Å². The van der Waals surface area contributed by atoms with Crippen LogP contribution in [0.25, 0.3) is 0 Å². The molecule has 1 N–H and O–H groups in total. The van der Waals surface area contributed by atoms with E-state index in [0.29, 0.717) is 10.6 Å². The van der Waals surface area contributed by atoms with Crippen LogP contribution in [-0.4, -0.2) is 5.11 Å². The summed E-state index contributed by atoms with van der Waals surface area (Å²) in [5.74, 6) is 0.298. The summed E-state index contributed by atoms with van der Waals surface area (Å²) in [6.07, 6.45) is 8.93. The van der Waals surface area contributed by atoms with Crippen LogP contribution in [0.2, 0.25) is 0 Å². The molecule has 1 rings (SSSR count). The zero-order chi connectivity index (χ0) is 11.8. The minimum Gasteiger partial charge on any atom is -0.507 e. The van der Waals surface area contributed by atoms with Crippen LogP contribution in [0.1, 0.15) is 51.0 Å². The first-order valence-corrected chi connectivity index (χ1v) is 6.69. The van der Waals surface area contributed by atoms with Crippen LogP contribution in [-0.2, 0) is 6.42 Å². The maximum absolute atomic E-state index is 9.50. The summed E-state index contributed by atoms with van der Waals surface area (Å²) in [6.45, 7) is 2.24. The maximum atomic E-state index is 9.50. The Balaban J connectivity index is 2.19. The molecule has 0 aromatic heterocycles. The Morgan fingerprint density at radius 2 is 1.75 bits per heavy atom. The molecule has 0 radical (unpaired) electrons. The van der Waals surface area contributed by atoms with E-state index in [1.165, 1.54) is 44.1 Å². The largest absolute Gasteiger partial charge is 0.507 e. The number of unbranched alkanes of at least 4 members (excludes halogenated alkanes) is 5. The standard InChI is InChI=1S/C14H22OS/c1-2-3-4-5-6-7-8-12-9-10-14(16)13(15)11-12/h9-11,15-16H,2-8H2,1H3. The molecule has 1 aromatic rings. The Kier molecular flexibility index (Phi) is 6.39. The van der Waals surface area contributed by atoms with Crippen molar-refractivity contribution >= 4 is 12.6 Å². The summed E-state index contributed by atoms with van der Waals surface area (Å²) in [5.41, 5.74) is 1.21. The van der Waals surface area contributed by atoms with Gasteiger partial charge < -0.3 is 5.11 Å². The van der Waals surface area contributed by atoms with Gasteiger partial charge in [0.2, 0.25) is 0 Å². The highest BCUT2D eigenvalue weighted by atomic mass is 32.1. The molecule has 0 bridgehead atoms. The molecule has 0 heterocycles. The lowest BCUT2D eigenvalue weighted by Crippen LogP contribution is -1.86. The predicted octanol–water partition coefficient (Wildman–Crippen LogP) is 4.58. The third-order valence-electron chi connectivity index (χ3n) is 2.86. The van der Waals surface area contributed by atoms with Crippen molar-refractivity contribution < 1.29 is 5.11 Å². The molecule has 0 aliphatic heterocycles. The van der Waals surface area contributed by atoms with Crippen LogP contribution in [0.3, 0.4) is 0 Å². The zero-order valence-electron chi connectivity index (χ0n) is 10.1. The van der Waals surface area contributed by atoms with Gasteiger partial charge in [-0.05, 0) is 30.5 Å². The van der Waals surface area contributed by atoms with E-state index >= 15 is 0 Å². The fourth-order valence-electron chi connectivity index (χ4n) is 1.83. The molecule has 0 aliphatic carbocycles. The number of aryl methyl sites for hydroxylation is 1. The monoisotopic (exact) mass is 238 g/mol. The molecule has 90 valence electrons. The lowest BCUT2D eigenvalue weighted by molar-refractivity contribution is 0.461. The molecule has 0 saturated heterocycles. The summed E-state index contributed by atoms with van der Waals surface area (Å²) in [6, 6.07) is 5.74. The van der Waals surface area contributed by atoms with Crippen molar-refractivity contribution in [3.05, 3.63) is 23.8 Å². The van der Waals surface area contributed by atoms with E-state index in [2.05, 4.69) is 19.6 Å². The second-order valence-corrected chi connectivity index (χ2v) is 4.82. The number of aromatic hydroxyl groups is 1. The quantitative estimate of drug-likeness (QED) is 0.526. The second-order valence-electron chi connectivity index (χ2n) is 4.34. The highest BCUT2D eigenvalue weighted by molar-refractivity contribution is 7.80. The molecular formula is C14H22OS. The minimum atomic E-state index is 0.298. The van der Waals surface area contributed by atoms with Crippen molar-refractivity contribution in [3.63, 3.8) is 0 Å². The van der Waals surface area contributed by atoms with E-state index in [0.717, 1.165) is 6.42 Å². The number of rotatable bonds is 7. The number of phenolic OH excluding ortho intramolecular Hbond substituents is 1. The second kappa shape index (κ2) is 7.61. The van der Waals surface area contributed by atoms with Crippen molar-refractivity contribution in [2.24, 2.45) is 0 Å². The number of hydrogen-bond acceptors (Lipinski definition) is 2. The Labute approximate surface area is 104 Å². The summed E-state index contributed by atoms with van der Waals surface area (Å²) in [4.78, 5) is 0.659. The first kappa shape index (κ1) is 13.4. The van der Waals surface area contributed by atoms with Crippen LogP contribution in [0.4, 0.5) is 0 Å². The minimum absolute atomic E-state index is 0.298. The van der Waals surface area contributed by atoms with E-state index in [4.69, 9.17) is 0 Å². The van der Waals surface area contributed by atoms with Crippen LogP contribution in [0.15, 0.2) is 23.1 Å². The number of phenols is 1. The Morgan fingerprint density at radius 3 is 2.44 bits per heavy atom. The Morgan fingerprint density at radius 1 is 1.06 bits per heavy atom. The van der Waals surface area contributed by atoms with Gasteiger partial charge in [0.25, 0.3) is 0 Å². The van der Waals surface area contributed by atoms with E-state index in [-0.39, 0.29) is 0 Å². The molecule has 0 saturated carbocycles. The molecule has 0 fully saturated rings. The summed E-state index contributed by atoms with van der Waals surface area (Å²) < 4.78 is 0. The van der Waals surface area contributed by atoms with E-state index in [1.54, 1.807) is 0 Å². The molecule has 0 unspecified atom stereocenters. The fourth-order valence-corrected chi connectivity index (χ4v) is 1.97. The highest BCUT2D eigenvalue weighted by Gasteiger charge is 1.99. The van der Waals surface area contributed by atoms with Crippen LogP contribution >= 0.6 is 12.6 Å². The van der Waals surface area contributed by atoms with Gasteiger partial charge in [0.1, 0.15) is 5.75 Å². The van der Waals surface area contributed by atoms with Gasteiger partial charge in [-0.15, -0.1) is 12.6 Å². The normalized spacial score (nSPS) is 10.6. The van der Waals surface area contributed by atoms with Gasteiger partial charge in [0.05, 0.1) is 0 Å². The lowest BCUT2D eigenvalue weighted by Gasteiger charge is -2.04. The molecule has 16 heavy (non-hydrogen) atoms. The van der Waals surface area contributed by atoms with E-state index in [1.807, 2.05) is 18.2 Å². The summed E-state index contributed by atoms with van der Waals surface area (Å²) >= 11 is 4.14. The van der Waals surface area contributed by atoms with Crippen molar-refractivity contribution in [1.82, 2.24) is 0 Å². The fraction of sp³-hybridized carbons (Fsp3) is 0.571. The van der Waals surface area contributed by atoms with E-state index in [9.17, 15) is 5.11 Å². The van der Waals surface area contributed by atoms with Crippen molar-refractivity contribution in [2.75, 3.05) is 0 Å².